The highest BCUT2D eigenvalue weighted by atomic mass is 19.1. The Labute approximate surface area is 130 Å². The van der Waals surface area contributed by atoms with E-state index in [4.69, 9.17) is 14.2 Å². The quantitative estimate of drug-likeness (QED) is 0.308. The first-order chi connectivity index (χ1) is 10.8. The molecule has 4 nitrogen and oxygen atoms in total. The van der Waals surface area contributed by atoms with Gasteiger partial charge in [0.15, 0.2) is 12.7 Å². The molecular weight excluding hydrogens is 285 g/mol. The van der Waals surface area contributed by atoms with Crippen LogP contribution < -0.4 is 4.57 Å². The van der Waals surface area contributed by atoms with Crippen LogP contribution in [0.15, 0.2) is 48.7 Å². The van der Waals surface area contributed by atoms with E-state index >= 15 is 0 Å². The number of ether oxygens (including phenoxy) is 3. The smallest absolute Gasteiger partial charge is 0.365 e. The molecule has 1 aromatic carbocycles. The molecule has 0 N–H and O–H groups in total. The predicted molar refractivity (Wildman–Crippen MR) is 79.6 cm³/mol. The minimum absolute atomic E-state index is 0.121. The number of rotatable bonds is 9. The summed E-state index contributed by atoms with van der Waals surface area (Å²) in [6.07, 6.45) is 1.72. The largest absolute Gasteiger partial charge is 0.382 e. The Balaban J connectivity index is 1.89. The summed E-state index contributed by atoms with van der Waals surface area (Å²) in [4.78, 5) is 0. The number of benzene rings is 1. The molecule has 1 aromatic heterocycles. The second kappa shape index (κ2) is 9.25. The number of aromatic nitrogens is 1. The van der Waals surface area contributed by atoms with Gasteiger partial charge in [0.25, 0.3) is 0 Å². The van der Waals surface area contributed by atoms with E-state index in [1.807, 2.05) is 36.4 Å². The number of pyridine rings is 1. The Morgan fingerprint density at radius 2 is 1.82 bits per heavy atom. The third kappa shape index (κ3) is 5.18. The average Bonchev–Trinajstić information content (AvgIpc) is 2.55. The monoisotopic (exact) mass is 306 g/mol. The van der Waals surface area contributed by atoms with E-state index in [-0.39, 0.29) is 19.3 Å². The van der Waals surface area contributed by atoms with Gasteiger partial charge in [0, 0.05) is 18.7 Å². The number of nitrogens with zero attached hydrogens (tertiary/aromatic N) is 1. The Morgan fingerprint density at radius 1 is 1.00 bits per heavy atom. The molecule has 0 saturated heterocycles. The molecule has 118 valence electrons. The van der Waals surface area contributed by atoms with E-state index < -0.39 is 0 Å². The maximum Gasteiger partial charge on any atom is 0.365 e. The van der Waals surface area contributed by atoms with E-state index in [9.17, 15) is 4.39 Å². The number of halogens is 1. The number of hydrogen-bond donors (Lipinski definition) is 0. The normalized spacial score (nSPS) is 10.8. The van der Waals surface area contributed by atoms with Crippen LogP contribution in [0.3, 0.4) is 0 Å². The van der Waals surface area contributed by atoms with Gasteiger partial charge in [-0.3, -0.25) is 0 Å². The predicted octanol–water partition coefficient (Wildman–Crippen LogP) is 2.30. The molecule has 0 amide bonds. The summed E-state index contributed by atoms with van der Waals surface area (Å²) in [6.45, 7) is 1.76. The third-order valence-corrected chi connectivity index (χ3v) is 3.13. The fourth-order valence-corrected chi connectivity index (χ4v) is 2.00. The summed E-state index contributed by atoms with van der Waals surface area (Å²) >= 11 is 0. The van der Waals surface area contributed by atoms with Crippen LogP contribution in [0.5, 0.6) is 0 Å². The van der Waals surface area contributed by atoms with Crippen molar-refractivity contribution in [3.63, 3.8) is 0 Å². The van der Waals surface area contributed by atoms with Crippen molar-refractivity contribution in [1.29, 1.82) is 0 Å². The Kier molecular flexibility index (Phi) is 6.96. The lowest BCUT2D eigenvalue weighted by Gasteiger charge is -2.06. The van der Waals surface area contributed by atoms with Gasteiger partial charge in [-0.1, -0.05) is 30.3 Å². The zero-order valence-corrected chi connectivity index (χ0v) is 12.7. The zero-order valence-electron chi connectivity index (χ0n) is 12.7. The number of methoxy groups -OCH3 is 1. The summed E-state index contributed by atoms with van der Waals surface area (Å²) in [5.74, 6) is -0.289. The second-order valence-corrected chi connectivity index (χ2v) is 4.81. The highest BCUT2D eigenvalue weighted by molar-refractivity contribution is 5.13. The number of hydrogen-bond acceptors (Lipinski definition) is 3. The lowest BCUT2D eigenvalue weighted by Crippen LogP contribution is -2.39. The lowest BCUT2D eigenvalue weighted by atomic mass is 10.2. The molecule has 1 heterocycles. The first-order valence-electron chi connectivity index (χ1n) is 7.16. The van der Waals surface area contributed by atoms with Crippen LogP contribution in [0.1, 0.15) is 11.1 Å². The van der Waals surface area contributed by atoms with Gasteiger partial charge in [-0.2, -0.15) is 4.57 Å². The van der Waals surface area contributed by atoms with Gasteiger partial charge in [-0.15, -0.1) is 4.39 Å². The van der Waals surface area contributed by atoms with Crippen molar-refractivity contribution in [2.24, 2.45) is 0 Å². The topological polar surface area (TPSA) is 31.6 Å². The molecule has 0 aliphatic carbocycles. The van der Waals surface area contributed by atoms with Crippen molar-refractivity contribution < 1.29 is 23.2 Å². The van der Waals surface area contributed by atoms with E-state index in [0.29, 0.717) is 25.3 Å². The van der Waals surface area contributed by atoms with Crippen molar-refractivity contribution in [3.05, 3.63) is 65.7 Å². The van der Waals surface area contributed by atoms with E-state index in [2.05, 4.69) is 0 Å². The van der Waals surface area contributed by atoms with Crippen LogP contribution >= 0.6 is 0 Å². The minimum atomic E-state index is -0.289. The standard InChI is InChI=1S/C17H21FNO3/c1-20-10-11-21-14-22-13-16-8-5-9-19(17(16)18)12-15-6-3-2-4-7-15/h2-9H,10-14H2,1H3/q+1. The molecule has 0 aliphatic heterocycles. The second-order valence-electron chi connectivity index (χ2n) is 4.81. The maximum absolute atomic E-state index is 14.4. The molecule has 0 bridgehead atoms. The maximum atomic E-state index is 14.4. The first kappa shape index (κ1) is 16.5. The fraction of sp³-hybridized carbons (Fsp3) is 0.353. The summed E-state index contributed by atoms with van der Waals surface area (Å²) in [7, 11) is 1.61. The molecule has 0 radical (unpaired) electrons. The molecule has 0 aliphatic rings. The zero-order chi connectivity index (χ0) is 15.6. The Morgan fingerprint density at radius 3 is 2.59 bits per heavy atom. The molecule has 5 heteroatoms. The van der Waals surface area contributed by atoms with Crippen LogP contribution in [0.25, 0.3) is 0 Å². The van der Waals surface area contributed by atoms with Crippen LogP contribution in [0.4, 0.5) is 4.39 Å². The highest BCUT2D eigenvalue weighted by Crippen LogP contribution is 2.05. The van der Waals surface area contributed by atoms with Crippen LogP contribution in [0.2, 0.25) is 0 Å². The van der Waals surface area contributed by atoms with Gasteiger partial charge in [0.05, 0.1) is 25.4 Å². The SMILES string of the molecule is COCCOCOCc1ccc[n+](Cc2ccccc2)c1F. The van der Waals surface area contributed by atoms with Crippen LogP contribution in [-0.4, -0.2) is 27.1 Å². The van der Waals surface area contributed by atoms with Gasteiger partial charge in [0.1, 0.15) is 6.79 Å². The molecule has 0 unspecified atom stereocenters. The van der Waals surface area contributed by atoms with E-state index in [1.165, 1.54) is 0 Å². The van der Waals surface area contributed by atoms with Crippen molar-refractivity contribution in [2.75, 3.05) is 27.1 Å². The van der Waals surface area contributed by atoms with E-state index in [1.54, 1.807) is 23.9 Å². The summed E-state index contributed by atoms with van der Waals surface area (Å²) in [5, 5.41) is 0. The van der Waals surface area contributed by atoms with Crippen molar-refractivity contribution in [2.45, 2.75) is 13.2 Å². The molecule has 22 heavy (non-hydrogen) atoms. The molecule has 0 fully saturated rings. The summed E-state index contributed by atoms with van der Waals surface area (Å²) in [6, 6.07) is 13.3. The van der Waals surface area contributed by atoms with Crippen LogP contribution in [-0.2, 0) is 27.4 Å². The Bertz CT molecular complexity index is 563. The molecule has 0 atom stereocenters. The van der Waals surface area contributed by atoms with Crippen molar-refractivity contribution in [3.8, 4) is 0 Å². The average molecular weight is 306 g/mol. The van der Waals surface area contributed by atoms with Crippen molar-refractivity contribution in [1.82, 2.24) is 0 Å². The van der Waals surface area contributed by atoms with Gasteiger partial charge in [0.2, 0.25) is 0 Å². The van der Waals surface area contributed by atoms with Gasteiger partial charge in [-0.05, 0) is 6.07 Å². The van der Waals surface area contributed by atoms with Gasteiger partial charge >= 0.3 is 5.95 Å². The van der Waals surface area contributed by atoms with Crippen LogP contribution in [0, 0.1) is 5.95 Å². The fourth-order valence-electron chi connectivity index (χ4n) is 2.00. The van der Waals surface area contributed by atoms with Gasteiger partial charge in [-0.25, -0.2) is 0 Å². The van der Waals surface area contributed by atoms with Crippen molar-refractivity contribution >= 4 is 0 Å². The van der Waals surface area contributed by atoms with E-state index in [0.717, 1.165) is 5.56 Å². The minimum Gasteiger partial charge on any atom is -0.382 e. The molecule has 0 saturated carbocycles. The van der Waals surface area contributed by atoms with Gasteiger partial charge < -0.3 is 14.2 Å². The lowest BCUT2D eigenvalue weighted by molar-refractivity contribution is -0.716. The Hall–Kier alpha value is -1.82. The first-order valence-corrected chi connectivity index (χ1v) is 7.16. The third-order valence-electron chi connectivity index (χ3n) is 3.13. The molecule has 2 rings (SSSR count). The molecular formula is C17H21FNO3+. The molecule has 0 spiro atoms. The highest BCUT2D eigenvalue weighted by Gasteiger charge is 2.15. The summed E-state index contributed by atoms with van der Waals surface area (Å²) < 4.78 is 31.3. The molecule has 2 aromatic rings. The summed E-state index contributed by atoms with van der Waals surface area (Å²) in [5.41, 5.74) is 1.56.